The van der Waals surface area contributed by atoms with Crippen LogP contribution in [-0.4, -0.2) is 9.55 Å². The van der Waals surface area contributed by atoms with E-state index in [9.17, 15) is 0 Å². The molecule has 0 atom stereocenters. The molecule has 1 aromatic rings. The summed E-state index contributed by atoms with van der Waals surface area (Å²) in [5.41, 5.74) is 0.839. The number of aromatic nitrogens is 2. The minimum absolute atomic E-state index is 0.368. The molecule has 3 nitrogen and oxygen atoms in total. The van der Waals surface area contributed by atoms with Crippen molar-refractivity contribution in [2.45, 2.75) is 26.7 Å². The first-order valence-corrected chi connectivity index (χ1v) is 5.42. The molecule has 0 spiro atoms. The standard InChI is InChI=1S/C10H14BrN3/c1-7(2)6-9-13-8(4-5-12)10(11)14(9)3/h7H,4,6H2,1-3H3. The first-order chi connectivity index (χ1) is 6.56. The second-order valence-electron chi connectivity index (χ2n) is 3.76. The molecule has 0 bridgehead atoms. The van der Waals surface area contributed by atoms with Gasteiger partial charge in [0.15, 0.2) is 0 Å². The predicted molar refractivity (Wildman–Crippen MR) is 58.8 cm³/mol. The first kappa shape index (κ1) is 11.3. The number of imidazole rings is 1. The average Bonchev–Trinajstić information content (AvgIpc) is 2.34. The lowest BCUT2D eigenvalue weighted by molar-refractivity contribution is 0.600. The number of hydrogen-bond acceptors (Lipinski definition) is 2. The topological polar surface area (TPSA) is 41.6 Å². The molecule has 0 saturated carbocycles. The third kappa shape index (κ3) is 2.36. The van der Waals surface area contributed by atoms with Crippen molar-refractivity contribution in [3.05, 3.63) is 16.1 Å². The van der Waals surface area contributed by atoms with E-state index in [4.69, 9.17) is 5.26 Å². The number of nitrogens with zero attached hydrogens (tertiary/aromatic N) is 3. The Balaban J connectivity index is 2.97. The summed E-state index contributed by atoms with van der Waals surface area (Å²) < 4.78 is 2.93. The zero-order valence-electron chi connectivity index (χ0n) is 8.71. The molecule has 0 unspecified atom stereocenters. The van der Waals surface area contributed by atoms with Crippen LogP contribution in [-0.2, 0) is 19.9 Å². The molecule has 0 N–H and O–H groups in total. The number of hydrogen-bond donors (Lipinski definition) is 0. The second-order valence-corrected chi connectivity index (χ2v) is 4.51. The molecule has 0 aliphatic carbocycles. The highest BCUT2D eigenvalue weighted by Crippen LogP contribution is 2.19. The van der Waals surface area contributed by atoms with E-state index in [1.54, 1.807) is 0 Å². The SMILES string of the molecule is CC(C)Cc1nc(CC#N)c(Br)n1C. The van der Waals surface area contributed by atoms with Gasteiger partial charge in [0, 0.05) is 13.5 Å². The van der Waals surface area contributed by atoms with E-state index in [1.807, 2.05) is 11.6 Å². The Bertz CT molecular complexity index is 360. The van der Waals surface area contributed by atoms with E-state index in [2.05, 4.69) is 40.8 Å². The van der Waals surface area contributed by atoms with Crippen molar-refractivity contribution < 1.29 is 0 Å². The van der Waals surface area contributed by atoms with Crippen molar-refractivity contribution in [2.24, 2.45) is 13.0 Å². The van der Waals surface area contributed by atoms with E-state index in [1.165, 1.54) is 0 Å². The summed E-state index contributed by atoms with van der Waals surface area (Å²) in [6.07, 6.45) is 1.31. The van der Waals surface area contributed by atoms with Crippen molar-refractivity contribution in [1.82, 2.24) is 9.55 Å². The maximum absolute atomic E-state index is 8.61. The van der Waals surface area contributed by atoms with Gasteiger partial charge in [-0.2, -0.15) is 5.26 Å². The Hall–Kier alpha value is -0.820. The fraction of sp³-hybridized carbons (Fsp3) is 0.600. The van der Waals surface area contributed by atoms with E-state index < -0.39 is 0 Å². The van der Waals surface area contributed by atoms with Gasteiger partial charge in [0.1, 0.15) is 10.4 Å². The van der Waals surface area contributed by atoms with Crippen LogP contribution in [0.1, 0.15) is 25.4 Å². The van der Waals surface area contributed by atoms with Gasteiger partial charge in [-0.15, -0.1) is 0 Å². The number of nitriles is 1. The predicted octanol–water partition coefficient (Wildman–Crippen LogP) is 2.45. The van der Waals surface area contributed by atoms with E-state index >= 15 is 0 Å². The molecule has 0 aliphatic rings. The van der Waals surface area contributed by atoms with Gasteiger partial charge in [0.2, 0.25) is 0 Å². The van der Waals surface area contributed by atoms with Crippen LogP contribution in [0.15, 0.2) is 4.60 Å². The molecule has 1 rings (SSSR count). The van der Waals surface area contributed by atoms with Gasteiger partial charge >= 0.3 is 0 Å². The van der Waals surface area contributed by atoms with Gasteiger partial charge in [0.05, 0.1) is 18.2 Å². The molecule has 0 amide bonds. The molecule has 0 saturated heterocycles. The van der Waals surface area contributed by atoms with E-state index in [-0.39, 0.29) is 0 Å². The zero-order valence-corrected chi connectivity index (χ0v) is 10.3. The molecular formula is C10H14BrN3. The molecule has 0 aliphatic heterocycles. The van der Waals surface area contributed by atoms with Crippen LogP contribution in [0, 0.1) is 17.2 Å². The summed E-state index contributed by atoms with van der Waals surface area (Å²) in [7, 11) is 1.97. The van der Waals surface area contributed by atoms with E-state index in [0.717, 1.165) is 22.5 Å². The van der Waals surface area contributed by atoms with Gasteiger partial charge < -0.3 is 4.57 Å². The normalized spacial score (nSPS) is 10.6. The van der Waals surface area contributed by atoms with Crippen LogP contribution in [0.4, 0.5) is 0 Å². The Labute approximate surface area is 92.9 Å². The molecule has 0 fully saturated rings. The van der Waals surface area contributed by atoms with E-state index in [0.29, 0.717) is 12.3 Å². The quantitative estimate of drug-likeness (QED) is 0.833. The number of rotatable bonds is 3. The largest absolute Gasteiger partial charge is 0.326 e. The van der Waals surface area contributed by atoms with Crippen LogP contribution in [0.5, 0.6) is 0 Å². The Morgan fingerprint density at radius 1 is 1.57 bits per heavy atom. The van der Waals surface area contributed by atoms with Crippen LogP contribution < -0.4 is 0 Å². The lowest BCUT2D eigenvalue weighted by Crippen LogP contribution is -2.02. The van der Waals surface area contributed by atoms with Gasteiger partial charge in [-0.3, -0.25) is 0 Å². The van der Waals surface area contributed by atoms with Crippen molar-refractivity contribution in [3.63, 3.8) is 0 Å². The fourth-order valence-electron chi connectivity index (χ4n) is 1.32. The average molecular weight is 256 g/mol. The third-order valence-electron chi connectivity index (χ3n) is 2.02. The summed E-state index contributed by atoms with van der Waals surface area (Å²) in [6.45, 7) is 4.32. The summed E-state index contributed by atoms with van der Waals surface area (Å²) in [4.78, 5) is 4.43. The molecule has 0 radical (unpaired) electrons. The minimum Gasteiger partial charge on any atom is -0.326 e. The number of halogens is 1. The minimum atomic E-state index is 0.368. The Kier molecular flexibility index (Phi) is 3.70. The van der Waals surface area contributed by atoms with Crippen molar-refractivity contribution in [2.75, 3.05) is 0 Å². The molecule has 0 aromatic carbocycles. The van der Waals surface area contributed by atoms with Crippen LogP contribution in [0.25, 0.3) is 0 Å². The zero-order chi connectivity index (χ0) is 10.7. The second kappa shape index (κ2) is 4.61. The summed E-state index contributed by atoms with van der Waals surface area (Å²) in [6, 6.07) is 2.11. The molecule has 14 heavy (non-hydrogen) atoms. The van der Waals surface area contributed by atoms with Gasteiger partial charge in [-0.25, -0.2) is 4.98 Å². The fourth-order valence-corrected chi connectivity index (χ4v) is 1.75. The van der Waals surface area contributed by atoms with Gasteiger partial charge in [-0.05, 0) is 21.8 Å². The highest BCUT2D eigenvalue weighted by molar-refractivity contribution is 9.10. The Morgan fingerprint density at radius 3 is 2.71 bits per heavy atom. The monoisotopic (exact) mass is 255 g/mol. The summed E-state index contributed by atoms with van der Waals surface area (Å²) in [5, 5.41) is 8.61. The van der Waals surface area contributed by atoms with Crippen molar-refractivity contribution in [1.29, 1.82) is 5.26 Å². The molecule has 1 aromatic heterocycles. The molecule has 4 heteroatoms. The maximum Gasteiger partial charge on any atom is 0.109 e. The lowest BCUT2D eigenvalue weighted by atomic mass is 10.1. The smallest absolute Gasteiger partial charge is 0.109 e. The summed E-state index contributed by atoms with van der Waals surface area (Å²) in [5.74, 6) is 1.62. The van der Waals surface area contributed by atoms with Gasteiger partial charge in [0.25, 0.3) is 0 Å². The molecule has 76 valence electrons. The van der Waals surface area contributed by atoms with Crippen molar-refractivity contribution >= 4 is 15.9 Å². The Morgan fingerprint density at radius 2 is 2.21 bits per heavy atom. The highest BCUT2D eigenvalue weighted by Gasteiger charge is 2.12. The molecule has 1 heterocycles. The maximum atomic E-state index is 8.61. The van der Waals surface area contributed by atoms with Crippen molar-refractivity contribution in [3.8, 4) is 6.07 Å². The van der Waals surface area contributed by atoms with Crippen LogP contribution >= 0.6 is 15.9 Å². The molecular weight excluding hydrogens is 242 g/mol. The van der Waals surface area contributed by atoms with Gasteiger partial charge in [-0.1, -0.05) is 13.8 Å². The third-order valence-corrected chi connectivity index (χ3v) is 3.01. The first-order valence-electron chi connectivity index (χ1n) is 4.63. The van der Waals surface area contributed by atoms with Crippen LogP contribution in [0.3, 0.4) is 0 Å². The van der Waals surface area contributed by atoms with Crippen LogP contribution in [0.2, 0.25) is 0 Å². The summed E-state index contributed by atoms with van der Waals surface area (Å²) >= 11 is 3.44. The lowest BCUT2D eigenvalue weighted by Gasteiger charge is -2.04. The highest BCUT2D eigenvalue weighted by atomic mass is 79.9.